The molecule has 186 valence electrons. The summed E-state index contributed by atoms with van der Waals surface area (Å²) in [6.45, 7) is 1.61. The van der Waals surface area contributed by atoms with E-state index in [9.17, 15) is 24.3 Å². The number of hydrogen-bond acceptors (Lipinski definition) is 6. The number of carbonyl (C=O) groups excluding carboxylic acids is 4. The van der Waals surface area contributed by atoms with Crippen LogP contribution in [-0.4, -0.2) is 35.6 Å². The quantitative estimate of drug-likeness (QED) is 0.392. The summed E-state index contributed by atoms with van der Waals surface area (Å²) in [6.07, 6.45) is 3.81. The van der Waals surface area contributed by atoms with Crippen LogP contribution >= 0.6 is 0 Å². The minimum absolute atomic E-state index is 0.0338. The van der Waals surface area contributed by atoms with E-state index in [1.54, 1.807) is 43.3 Å². The molecule has 37 heavy (non-hydrogen) atoms. The van der Waals surface area contributed by atoms with Gasteiger partial charge in [0.25, 0.3) is 0 Å². The van der Waals surface area contributed by atoms with E-state index < -0.39 is 23.7 Å². The van der Waals surface area contributed by atoms with E-state index in [1.807, 2.05) is 12.1 Å². The van der Waals surface area contributed by atoms with E-state index in [1.165, 1.54) is 24.2 Å². The van der Waals surface area contributed by atoms with Crippen LogP contribution in [0.3, 0.4) is 0 Å². The molecule has 3 aliphatic carbocycles. The molecule has 1 fully saturated rings. The van der Waals surface area contributed by atoms with Crippen molar-refractivity contribution in [2.45, 2.75) is 25.7 Å². The molecule has 2 amide bonds. The zero-order chi connectivity index (χ0) is 26.0. The number of Topliss-reactive ketones (excluding diaryl/α,β-unsaturated/α-hetero) is 1. The topological polar surface area (TPSA) is 101 Å². The number of methoxy groups -OCH3 is 1. The minimum Gasteiger partial charge on any atom is -0.508 e. The number of phenolic OH excluding ortho intramolecular Hbond substituents is 1. The number of allylic oxidation sites excluding steroid dienone is 6. The Labute approximate surface area is 213 Å². The number of ketones is 2. The number of anilines is 1. The van der Waals surface area contributed by atoms with Crippen molar-refractivity contribution in [2.24, 2.45) is 17.8 Å². The Balaban J connectivity index is 1.52. The summed E-state index contributed by atoms with van der Waals surface area (Å²) in [5.74, 6) is -2.98. The van der Waals surface area contributed by atoms with Gasteiger partial charge >= 0.3 is 0 Å². The molecule has 7 nitrogen and oxygen atoms in total. The number of imide groups is 1. The van der Waals surface area contributed by atoms with E-state index in [0.29, 0.717) is 40.1 Å². The van der Waals surface area contributed by atoms with Crippen LogP contribution in [0.2, 0.25) is 0 Å². The maximum absolute atomic E-state index is 13.8. The third-order valence-electron chi connectivity index (χ3n) is 8.12. The molecule has 0 aromatic heterocycles. The van der Waals surface area contributed by atoms with Crippen LogP contribution in [0.1, 0.15) is 31.2 Å². The lowest BCUT2D eigenvalue weighted by molar-refractivity contribution is -0.123. The standard InChI is InChI=1S/C30H25NO6/c1-15-12-24(33)22-14-20-18(25(27(22)28(15)34)21-13-17(37-2)8-11-23(21)32)9-10-19-26(20)30(36)31(29(19)35)16-6-4-3-5-7-16/h3-9,11-13,19-20,25-26,32H,10,14H2,1-2H3. The maximum Gasteiger partial charge on any atom is 0.238 e. The largest absolute Gasteiger partial charge is 0.508 e. The average Bonchev–Trinajstić information content (AvgIpc) is 3.16. The molecule has 0 bridgehead atoms. The van der Waals surface area contributed by atoms with Crippen molar-refractivity contribution in [1.29, 1.82) is 0 Å². The Morgan fingerprint density at radius 1 is 0.973 bits per heavy atom. The van der Waals surface area contributed by atoms with Crippen molar-refractivity contribution in [1.82, 2.24) is 0 Å². The number of carbonyl (C=O) groups is 4. The van der Waals surface area contributed by atoms with E-state index in [0.717, 1.165) is 5.57 Å². The number of phenols is 1. The molecule has 1 saturated heterocycles. The highest BCUT2D eigenvalue weighted by molar-refractivity contribution is 6.25. The summed E-state index contributed by atoms with van der Waals surface area (Å²) < 4.78 is 5.39. The molecule has 0 saturated carbocycles. The second kappa shape index (κ2) is 8.40. The maximum atomic E-state index is 13.8. The summed E-state index contributed by atoms with van der Waals surface area (Å²) in [7, 11) is 1.51. The molecule has 2 aromatic carbocycles. The fourth-order valence-corrected chi connectivity index (χ4v) is 6.44. The van der Waals surface area contributed by atoms with E-state index in [2.05, 4.69) is 0 Å². The van der Waals surface area contributed by atoms with Crippen molar-refractivity contribution >= 4 is 29.1 Å². The third kappa shape index (κ3) is 3.34. The van der Waals surface area contributed by atoms with Crippen LogP contribution in [0.5, 0.6) is 11.5 Å². The van der Waals surface area contributed by atoms with Gasteiger partial charge in [-0.05, 0) is 62.1 Å². The number of amides is 2. The summed E-state index contributed by atoms with van der Waals surface area (Å²) in [6, 6.07) is 13.6. The van der Waals surface area contributed by atoms with E-state index in [4.69, 9.17) is 4.74 Å². The first-order valence-electron chi connectivity index (χ1n) is 12.3. The zero-order valence-electron chi connectivity index (χ0n) is 20.4. The van der Waals surface area contributed by atoms with Gasteiger partial charge in [-0.2, -0.15) is 0 Å². The predicted molar refractivity (Wildman–Crippen MR) is 135 cm³/mol. The second-order valence-corrected chi connectivity index (χ2v) is 10.0. The number of aromatic hydroxyl groups is 1. The van der Waals surface area contributed by atoms with Crippen LogP contribution in [-0.2, 0) is 19.2 Å². The van der Waals surface area contributed by atoms with Gasteiger partial charge in [0.15, 0.2) is 11.6 Å². The Hall–Kier alpha value is -4.26. The van der Waals surface area contributed by atoms with Gasteiger partial charge in [-0.15, -0.1) is 0 Å². The molecule has 0 radical (unpaired) electrons. The number of hydrogen-bond donors (Lipinski definition) is 1. The Bertz CT molecular complexity index is 1480. The fraction of sp³-hybridized carbons (Fsp3) is 0.267. The van der Waals surface area contributed by atoms with E-state index in [-0.39, 0.29) is 35.6 Å². The van der Waals surface area contributed by atoms with Gasteiger partial charge in [0, 0.05) is 28.2 Å². The first-order valence-corrected chi connectivity index (χ1v) is 12.3. The molecule has 1 N–H and O–H groups in total. The Morgan fingerprint density at radius 2 is 1.73 bits per heavy atom. The molecule has 4 unspecified atom stereocenters. The molecule has 4 atom stereocenters. The molecule has 4 aliphatic rings. The lowest BCUT2D eigenvalue weighted by Crippen LogP contribution is -2.39. The molecule has 7 heteroatoms. The molecular formula is C30H25NO6. The van der Waals surface area contributed by atoms with E-state index >= 15 is 0 Å². The molecule has 0 spiro atoms. The number of benzene rings is 2. The van der Waals surface area contributed by atoms with Crippen LogP contribution in [0.4, 0.5) is 5.69 Å². The van der Waals surface area contributed by atoms with Crippen LogP contribution in [0.25, 0.3) is 0 Å². The summed E-state index contributed by atoms with van der Waals surface area (Å²) in [5, 5.41) is 10.9. The van der Waals surface area contributed by atoms with Crippen LogP contribution in [0.15, 0.2) is 83.0 Å². The number of rotatable bonds is 3. The normalized spacial score (nSPS) is 26.9. The molecule has 2 aromatic rings. The SMILES string of the molecule is COc1ccc(O)c(C2C3=CCC4C(=O)N(c5ccccc5)C(=O)C4C3CC3=C2C(=O)C(C)=CC3=O)c1. The van der Waals surface area contributed by atoms with Crippen molar-refractivity contribution in [3.05, 3.63) is 88.5 Å². The summed E-state index contributed by atoms with van der Waals surface area (Å²) in [5.41, 5.74) is 2.78. The first-order chi connectivity index (χ1) is 17.8. The molecule has 1 heterocycles. The van der Waals surface area contributed by atoms with Gasteiger partial charge in [-0.1, -0.05) is 29.8 Å². The third-order valence-corrected chi connectivity index (χ3v) is 8.12. The monoisotopic (exact) mass is 495 g/mol. The highest BCUT2D eigenvalue weighted by Crippen LogP contribution is 2.56. The fourth-order valence-electron chi connectivity index (χ4n) is 6.44. The molecular weight excluding hydrogens is 470 g/mol. The number of fused-ring (bicyclic) bond motifs is 3. The van der Waals surface area contributed by atoms with Gasteiger partial charge in [-0.3, -0.25) is 24.1 Å². The lowest BCUT2D eigenvalue weighted by atomic mass is 9.59. The summed E-state index contributed by atoms with van der Waals surface area (Å²) in [4.78, 5) is 55.2. The van der Waals surface area contributed by atoms with Crippen molar-refractivity contribution in [3.8, 4) is 11.5 Å². The lowest BCUT2D eigenvalue weighted by Gasteiger charge is -2.42. The number of para-hydroxylation sites is 1. The molecule has 1 aliphatic heterocycles. The first kappa shape index (κ1) is 23.2. The zero-order valence-corrected chi connectivity index (χ0v) is 20.4. The highest BCUT2D eigenvalue weighted by atomic mass is 16.5. The minimum atomic E-state index is -0.724. The van der Waals surface area contributed by atoms with Crippen LogP contribution in [0, 0.1) is 17.8 Å². The van der Waals surface area contributed by atoms with Gasteiger partial charge in [0.2, 0.25) is 11.8 Å². The second-order valence-electron chi connectivity index (χ2n) is 10.0. The van der Waals surface area contributed by atoms with Gasteiger partial charge in [-0.25, -0.2) is 0 Å². The number of ether oxygens (including phenoxy) is 1. The smallest absolute Gasteiger partial charge is 0.238 e. The predicted octanol–water partition coefficient (Wildman–Crippen LogP) is 4.03. The average molecular weight is 496 g/mol. The van der Waals surface area contributed by atoms with Crippen molar-refractivity contribution in [2.75, 3.05) is 12.0 Å². The van der Waals surface area contributed by atoms with Crippen LogP contribution < -0.4 is 9.64 Å². The van der Waals surface area contributed by atoms with Crippen molar-refractivity contribution < 1.29 is 29.0 Å². The Kier molecular flexibility index (Phi) is 5.26. The van der Waals surface area contributed by atoms with Crippen molar-refractivity contribution in [3.63, 3.8) is 0 Å². The van der Waals surface area contributed by atoms with Gasteiger partial charge < -0.3 is 9.84 Å². The number of nitrogens with zero attached hydrogens (tertiary/aromatic N) is 1. The Morgan fingerprint density at radius 3 is 2.46 bits per heavy atom. The molecule has 6 rings (SSSR count). The summed E-state index contributed by atoms with van der Waals surface area (Å²) >= 11 is 0. The van der Waals surface area contributed by atoms with Gasteiger partial charge in [0.1, 0.15) is 11.5 Å². The highest BCUT2D eigenvalue weighted by Gasteiger charge is 2.56. The van der Waals surface area contributed by atoms with Gasteiger partial charge in [0.05, 0.1) is 24.6 Å².